The summed E-state index contributed by atoms with van der Waals surface area (Å²) in [7, 11) is 0. The van der Waals surface area contributed by atoms with Crippen LogP contribution in [0.1, 0.15) is 38.6 Å². The van der Waals surface area contributed by atoms with Crippen LogP contribution < -0.4 is 5.56 Å². The summed E-state index contributed by atoms with van der Waals surface area (Å²) in [5.41, 5.74) is 1.92. The predicted octanol–water partition coefficient (Wildman–Crippen LogP) is 2.76. The van der Waals surface area contributed by atoms with Gasteiger partial charge in [-0.3, -0.25) is 4.79 Å². The molecule has 4 rings (SSSR count). The van der Waals surface area contributed by atoms with Crippen molar-refractivity contribution in [1.29, 1.82) is 0 Å². The lowest BCUT2D eigenvalue weighted by atomic mass is 10.0. The van der Waals surface area contributed by atoms with E-state index in [1.807, 2.05) is 0 Å². The fourth-order valence-electron chi connectivity index (χ4n) is 3.19. The Bertz CT molecular complexity index is 987. The van der Waals surface area contributed by atoms with Gasteiger partial charge in [0.15, 0.2) is 0 Å². The number of H-pyrrole nitrogens is 1. The Balaban J connectivity index is 1.79. The number of rotatable bonds is 3. The minimum Gasteiger partial charge on any atom is -0.478 e. The van der Waals surface area contributed by atoms with Crippen molar-refractivity contribution in [2.24, 2.45) is 0 Å². The van der Waals surface area contributed by atoms with E-state index in [2.05, 4.69) is 9.97 Å². The molecule has 0 unspecified atom stereocenters. The molecule has 2 N–H and O–H groups in total. The first-order chi connectivity index (χ1) is 11.1. The molecule has 6 heteroatoms. The maximum Gasteiger partial charge on any atom is 0.335 e. The molecule has 2 heterocycles. The van der Waals surface area contributed by atoms with E-state index in [4.69, 9.17) is 0 Å². The van der Waals surface area contributed by atoms with Crippen molar-refractivity contribution in [2.45, 2.75) is 25.7 Å². The predicted molar refractivity (Wildman–Crippen MR) is 88.5 cm³/mol. The number of fused-ring (bicyclic) bond motifs is 3. The van der Waals surface area contributed by atoms with Crippen molar-refractivity contribution in [3.05, 3.63) is 62.0 Å². The first-order valence-corrected chi connectivity index (χ1v) is 8.30. The maximum absolute atomic E-state index is 12.4. The number of carboxylic acids is 1. The van der Waals surface area contributed by atoms with Crippen molar-refractivity contribution in [2.75, 3.05) is 0 Å². The summed E-state index contributed by atoms with van der Waals surface area (Å²) in [5.74, 6) is -0.463. The largest absolute Gasteiger partial charge is 0.478 e. The molecule has 2 aromatic heterocycles. The van der Waals surface area contributed by atoms with Crippen LogP contribution in [-0.4, -0.2) is 21.0 Å². The van der Waals surface area contributed by atoms with Gasteiger partial charge in [-0.1, -0.05) is 18.2 Å². The number of benzene rings is 1. The van der Waals surface area contributed by atoms with Gasteiger partial charge in [0.1, 0.15) is 10.7 Å². The second-order valence-corrected chi connectivity index (χ2v) is 6.77. The molecule has 5 nitrogen and oxygen atoms in total. The Morgan fingerprint density at radius 2 is 2.13 bits per heavy atom. The van der Waals surface area contributed by atoms with Crippen LogP contribution in [-0.2, 0) is 19.3 Å². The van der Waals surface area contributed by atoms with Gasteiger partial charge in [0.05, 0.1) is 10.9 Å². The number of aromatic carboxylic acids is 1. The van der Waals surface area contributed by atoms with Crippen LogP contribution in [0.5, 0.6) is 0 Å². The number of aryl methyl sites for hydroxylation is 2. The van der Waals surface area contributed by atoms with Gasteiger partial charge in [0.25, 0.3) is 5.56 Å². The van der Waals surface area contributed by atoms with Gasteiger partial charge >= 0.3 is 5.97 Å². The Morgan fingerprint density at radius 3 is 2.96 bits per heavy atom. The van der Waals surface area contributed by atoms with Gasteiger partial charge < -0.3 is 10.1 Å². The number of thiophene rings is 1. The number of nitrogens with zero attached hydrogens (tertiary/aromatic N) is 1. The SMILES string of the molecule is O=C(O)c1ccccc1Cc1nc2sc3c(c2c(=O)[nH]1)CCC3. The molecule has 0 bridgehead atoms. The number of nitrogens with one attached hydrogen (secondary N) is 1. The molecule has 1 aliphatic carbocycles. The third kappa shape index (κ3) is 2.35. The van der Waals surface area contributed by atoms with E-state index in [1.165, 1.54) is 4.88 Å². The number of carbonyl (C=O) groups is 1. The van der Waals surface area contributed by atoms with Crippen LogP contribution in [0, 0.1) is 0 Å². The molecule has 3 aromatic rings. The van der Waals surface area contributed by atoms with Crippen molar-refractivity contribution in [3.8, 4) is 0 Å². The molecule has 0 aliphatic heterocycles. The van der Waals surface area contributed by atoms with Gasteiger partial charge in [-0.2, -0.15) is 0 Å². The lowest BCUT2D eigenvalue weighted by molar-refractivity contribution is 0.0696. The molecular formula is C17H14N2O3S. The summed E-state index contributed by atoms with van der Waals surface area (Å²) < 4.78 is 0. The van der Waals surface area contributed by atoms with E-state index in [-0.39, 0.29) is 11.1 Å². The first kappa shape index (κ1) is 14.1. The molecule has 1 aromatic carbocycles. The lowest BCUT2D eigenvalue weighted by Crippen LogP contribution is -2.13. The van der Waals surface area contributed by atoms with E-state index in [9.17, 15) is 14.7 Å². The van der Waals surface area contributed by atoms with E-state index in [1.54, 1.807) is 35.6 Å². The summed E-state index contributed by atoms with van der Waals surface area (Å²) in [6.45, 7) is 0. The molecule has 0 radical (unpaired) electrons. The van der Waals surface area contributed by atoms with Crippen molar-refractivity contribution in [3.63, 3.8) is 0 Å². The Kier molecular flexibility index (Phi) is 3.27. The van der Waals surface area contributed by atoms with Crippen LogP contribution in [0.4, 0.5) is 0 Å². The van der Waals surface area contributed by atoms with Gasteiger partial charge in [0, 0.05) is 11.3 Å². The zero-order valence-electron chi connectivity index (χ0n) is 12.3. The van der Waals surface area contributed by atoms with Crippen molar-refractivity contribution < 1.29 is 9.90 Å². The summed E-state index contributed by atoms with van der Waals surface area (Å²) in [6, 6.07) is 6.80. The number of carboxylic acid groups (broad SMARTS) is 1. The quantitative estimate of drug-likeness (QED) is 0.775. The van der Waals surface area contributed by atoms with Gasteiger partial charge in [-0.15, -0.1) is 11.3 Å². The van der Waals surface area contributed by atoms with Crippen LogP contribution in [0.3, 0.4) is 0 Å². The van der Waals surface area contributed by atoms with E-state index < -0.39 is 5.97 Å². The molecule has 23 heavy (non-hydrogen) atoms. The number of hydrogen-bond donors (Lipinski definition) is 2. The maximum atomic E-state index is 12.4. The fourth-order valence-corrected chi connectivity index (χ4v) is 4.47. The molecule has 0 fully saturated rings. The van der Waals surface area contributed by atoms with Crippen LogP contribution in [0.2, 0.25) is 0 Å². The molecular weight excluding hydrogens is 312 g/mol. The minimum atomic E-state index is -0.973. The highest BCUT2D eigenvalue weighted by Gasteiger charge is 2.21. The third-order valence-corrected chi connectivity index (χ3v) is 5.42. The number of hydrogen-bond acceptors (Lipinski definition) is 4. The lowest BCUT2D eigenvalue weighted by Gasteiger charge is -2.05. The second-order valence-electron chi connectivity index (χ2n) is 5.69. The third-order valence-electron chi connectivity index (χ3n) is 4.23. The molecule has 0 atom stereocenters. The van der Waals surface area contributed by atoms with Gasteiger partial charge in [-0.05, 0) is 36.5 Å². The summed E-state index contributed by atoms with van der Waals surface area (Å²) in [5, 5.41) is 9.98. The Hall–Kier alpha value is -2.47. The van der Waals surface area contributed by atoms with Crippen LogP contribution in [0.15, 0.2) is 29.1 Å². The molecule has 0 spiro atoms. The number of aromatic amines is 1. The average Bonchev–Trinajstić information content (AvgIpc) is 3.07. The highest BCUT2D eigenvalue weighted by molar-refractivity contribution is 7.18. The van der Waals surface area contributed by atoms with E-state index in [0.717, 1.165) is 35.0 Å². The van der Waals surface area contributed by atoms with Crippen molar-refractivity contribution in [1.82, 2.24) is 9.97 Å². The number of aromatic nitrogens is 2. The van der Waals surface area contributed by atoms with Crippen LogP contribution in [0.25, 0.3) is 10.2 Å². The fraction of sp³-hybridized carbons (Fsp3) is 0.235. The second kappa shape index (κ2) is 5.31. The molecule has 116 valence electrons. The normalized spacial score (nSPS) is 13.4. The first-order valence-electron chi connectivity index (χ1n) is 7.48. The summed E-state index contributed by atoms with van der Waals surface area (Å²) >= 11 is 1.59. The molecule has 1 aliphatic rings. The zero-order chi connectivity index (χ0) is 16.0. The van der Waals surface area contributed by atoms with Gasteiger partial charge in [0.2, 0.25) is 0 Å². The Morgan fingerprint density at radius 1 is 1.30 bits per heavy atom. The highest BCUT2D eigenvalue weighted by atomic mass is 32.1. The zero-order valence-corrected chi connectivity index (χ0v) is 13.1. The minimum absolute atomic E-state index is 0.114. The smallest absolute Gasteiger partial charge is 0.335 e. The summed E-state index contributed by atoms with van der Waals surface area (Å²) in [6.07, 6.45) is 3.37. The van der Waals surface area contributed by atoms with Crippen molar-refractivity contribution >= 4 is 27.5 Å². The monoisotopic (exact) mass is 326 g/mol. The highest BCUT2D eigenvalue weighted by Crippen LogP contribution is 2.34. The Labute approximate surface area is 135 Å². The average molecular weight is 326 g/mol. The molecule has 0 amide bonds. The van der Waals surface area contributed by atoms with E-state index >= 15 is 0 Å². The standard InChI is InChI=1S/C17H14N2O3S/c20-15-14-11-6-3-7-12(11)23-16(14)19-13(18-15)8-9-4-1-2-5-10(9)17(21)22/h1-2,4-5H,3,6-8H2,(H,21,22)(H,18,19,20). The molecule has 0 saturated heterocycles. The molecule has 0 saturated carbocycles. The van der Waals surface area contributed by atoms with Crippen LogP contribution >= 0.6 is 11.3 Å². The van der Waals surface area contributed by atoms with E-state index in [0.29, 0.717) is 17.8 Å². The van der Waals surface area contributed by atoms with Gasteiger partial charge in [-0.25, -0.2) is 9.78 Å². The topological polar surface area (TPSA) is 83.0 Å². The summed E-state index contributed by atoms with van der Waals surface area (Å²) in [4.78, 5) is 33.1.